The van der Waals surface area contributed by atoms with E-state index >= 15 is 0 Å². The fraction of sp³-hybridized carbons (Fsp3) is 0.786. The second-order valence-corrected chi connectivity index (χ2v) is 12.9. The third-order valence-electron chi connectivity index (χ3n) is 7.96. The van der Waals surface area contributed by atoms with Gasteiger partial charge in [-0.1, -0.05) is 154 Å². The molecule has 294 valence electrons. The summed E-state index contributed by atoms with van der Waals surface area (Å²) in [5.74, 6) is -2.00. The minimum atomic E-state index is -0.668. The van der Waals surface area contributed by atoms with Gasteiger partial charge in [0.1, 0.15) is 0 Å². The summed E-state index contributed by atoms with van der Waals surface area (Å²) in [5, 5.41) is 25.3. The van der Waals surface area contributed by atoms with E-state index in [1.54, 1.807) is 0 Å². The van der Waals surface area contributed by atoms with Gasteiger partial charge < -0.3 is 15.3 Å². The largest absolute Gasteiger partial charge is 0.481 e. The smallest absolute Gasteiger partial charge is 0.303 e. The van der Waals surface area contributed by atoms with Crippen LogP contribution in [0.1, 0.15) is 213 Å². The molecule has 3 N–H and O–H groups in total. The van der Waals surface area contributed by atoms with E-state index in [1.165, 1.54) is 135 Å². The zero-order valence-electron chi connectivity index (χ0n) is 32.0. The summed E-state index contributed by atoms with van der Waals surface area (Å²) in [6.45, 7) is 6.64. The molecule has 0 aliphatic heterocycles. The van der Waals surface area contributed by atoms with Crippen molar-refractivity contribution in [2.75, 3.05) is 0 Å². The molecule has 0 fully saturated rings. The fourth-order valence-electron chi connectivity index (χ4n) is 4.88. The Morgan fingerprint density at radius 3 is 0.714 bits per heavy atom. The maximum absolute atomic E-state index is 10.3. The maximum atomic E-state index is 10.3. The molecule has 0 saturated carbocycles. The Kier molecular flexibility index (Phi) is 57.2. The molecular weight excluding hydrogens is 768 g/mol. The zero-order chi connectivity index (χ0) is 36.2. The van der Waals surface area contributed by atoms with E-state index in [-0.39, 0.29) is 37.3 Å². The number of allylic oxidation sites excluding steroid dienone is 6. The number of carboxylic acids is 3. The van der Waals surface area contributed by atoms with E-state index < -0.39 is 17.9 Å². The van der Waals surface area contributed by atoms with Crippen LogP contribution in [-0.2, 0) is 14.4 Å². The van der Waals surface area contributed by atoms with Crippen molar-refractivity contribution in [3.63, 3.8) is 0 Å². The van der Waals surface area contributed by atoms with Crippen LogP contribution in [0, 0.1) is 37.3 Å². The van der Waals surface area contributed by atoms with Crippen molar-refractivity contribution >= 4 is 17.9 Å². The second kappa shape index (κ2) is 51.2. The van der Waals surface area contributed by atoms with Crippen molar-refractivity contribution < 1.29 is 67.0 Å². The molecule has 0 aromatic rings. The molecule has 0 spiro atoms. The number of carbonyl (C=O) groups is 3. The summed E-state index contributed by atoms with van der Waals surface area (Å²) in [7, 11) is 0. The minimum Gasteiger partial charge on any atom is -0.481 e. The first kappa shape index (κ1) is 54.6. The van der Waals surface area contributed by atoms with Gasteiger partial charge in [0.25, 0.3) is 0 Å². The molecule has 0 saturated heterocycles. The Hall–Kier alpha value is -1.12. The van der Waals surface area contributed by atoms with E-state index in [9.17, 15) is 14.4 Å². The van der Waals surface area contributed by atoms with Gasteiger partial charge in [-0.15, -0.1) is 0 Å². The summed E-state index contributed by atoms with van der Waals surface area (Å²) >= 11 is 0. The number of carboxylic acid groups (broad SMARTS) is 3. The number of hydrogen-bond acceptors (Lipinski definition) is 3. The standard InChI is InChI=1S/3C14H26O2.Er/c3*1-2-3-4-5-6-7-8-9-10-11-12-13-14(15)16;/h3*5-6H,2-4,7-13H2,1H3,(H,15,16);/b3*6-5-;. The molecule has 6 nitrogen and oxygen atoms in total. The zero-order valence-corrected chi connectivity index (χ0v) is 33.9. The molecule has 0 aromatic heterocycles. The normalized spacial score (nSPS) is 10.8. The Labute approximate surface area is 332 Å². The molecule has 0 bridgehead atoms. The third-order valence-corrected chi connectivity index (χ3v) is 7.96. The van der Waals surface area contributed by atoms with Crippen LogP contribution in [0.5, 0.6) is 0 Å². The van der Waals surface area contributed by atoms with Gasteiger partial charge in [0.2, 0.25) is 0 Å². The van der Waals surface area contributed by atoms with E-state index in [1.807, 2.05) is 0 Å². The quantitative estimate of drug-likeness (QED) is 0.0448. The average Bonchev–Trinajstić information content (AvgIpc) is 3.05. The maximum Gasteiger partial charge on any atom is 0.303 e. The first-order valence-electron chi connectivity index (χ1n) is 19.9. The van der Waals surface area contributed by atoms with Crippen molar-refractivity contribution in [3.05, 3.63) is 36.5 Å². The Balaban J connectivity index is -0.000000307. The van der Waals surface area contributed by atoms with E-state index in [4.69, 9.17) is 15.3 Å². The van der Waals surface area contributed by atoms with Gasteiger partial charge in [0, 0.05) is 56.6 Å². The van der Waals surface area contributed by atoms with Crippen LogP contribution < -0.4 is 0 Å². The van der Waals surface area contributed by atoms with Crippen LogP contribution in [0.2, 0.25) is 0 Å². The predicted octanol–water partition coefficient (Wildman–Crippen LogP) is 13.6. The SMILES string of the molecule is CCCC/C=C\CCCCCCCC(=O)O.CCCC/C=C\CCCCCCCC(=O)O.CCCC/C=C\CCCCCCCC(=O)O.[Er]. The second-order valence-electron chi connectivity index (χ2n) is 12.9. The van der Waals surface area contributed by atoms with Crippen LogP contribution in [0.4, 0.5) is 0 Å². The molecular formula is C42H78ErO6. The Morgan fingerprint density at radius 2 is 0.510 bits per heavy atom. The monoisotopic (exact) mass is 845 g/mol. The van der Waals surface area contributed by atoms with Gasteiger partial charge in [-0.25, -0.2) is 0 Å². The van der Waals surface area contributed by atoms with Gasteiger partial charge >= 0.3 is 17.9 Å². The van der Waals surface area contributed by atoms with E-state index in [2.05, 4.69) is 57.2 Å². The van der Waals surface area contributed by atoms with Gasteiger partial charge in [0.15, 0.2) is 0 Å². The summed E-state index contributed by atoms with van der Waals surface area (Å²) < 4.78 is 0. The number of aliphatic carboxylic acids is 3. The van der Waals surface area contributed by atoms with Crippen molar-refractivity contribution in [1.82, 2.24) is 0 Å². The molecule has 0 aliphatic rings. The van der Waals surface area contributed by atoms with Crippen molar-refractivity contribution in [2.45, 2.75) is 213 Å². The average molecular weight is 846 g/mol. The molecule has 0 heterocycles. The molecule has 0 unspecified atom stereocenters. The molecule has 0 aliphatic carbocycles. The van der Waals surface area contributed by atoms with E-state index in [0.29, 0.717) is 19.3 Å². The summed E-state index contributed by atoms with van der Waals surface area (Å²) in [6.07, 6.45) is 46.3. The third kappa shape index (κ3) is 65.8. The van der Waals surface area contributed by atoms with Gasteiger partial charge in [0.05, 0.1) is 0 Å². The summed E-state index contributed by atoms with van der Waals surface area (Å²) in [5.41, 5.74) is 0. The molecule has 7 heteroatoms. The fourth-order valence-corrected chi connectivity index (χ4v) is 4.88. The Bertz CT molecular complexity index is 662. The molecule has 0 rings (SSSR count). The Morgan fingerprint density at radius 1 is 0.327 bits per heavy atom. The number of rotatable bonds is 33. The van der Waals surface area contributed by atoms with Gasteiger partial charge in [-0.05, 0) is 77.0 Å². The number of unbranched alkanes of at least 4 members (excludes halogenated alkanes) is 21. The summed E-state index contributed by atoms with van der Waals surface area (Å²) in [6, 6.07) is 0. The molecule has 49 heavy (non-hydrogen) atoms. The van der Waals surface area contributed by atoms with E-state index in [0.717, 1.165) is 38.5 Å². The topological polar surface area (TPSA) is 112 Å². The molecule has 0 radical (unpaired) electrons. The van der Waals surface area contributed by atoms with Gasteiger partial charge in [-0.2, -0.15) is 0 Å². The van der Waals surface area contributed by atoms with Crippen LogP contribution >= 0.6 is 0 Å². The molecule has 0 atom stereocenters. The van der Waals surface area contributed by atoms with Crippen LogP contribution in [0.3, 0.4) is 0 Å². The van der Waals surface area contributed by atoms with Crippen LogP contribution in [0.25, 0.3) is 0 Å². The molecule has 0 amide bonds. The van der Waals surface area contributed by atoms with Gasteiger partial charge in [-0.3, -0.25) is 14.4 Å². The molecule has 0 aromatic carbocycles. The first-order valence-corrected chi connectivity index (χ1v) is 19.9. The van der Waals surface area contributed by atoms with Crippen molar-refractivity contribution in [3.8, 4) is 0 Å². The minimum absolute atomic E-state index is 0. The first-order chi connectivity index (χ1) is 23.3. The van der Waals surface area contributed by atoms with Crippen LogP contribution in [-0.4, -0.2) is 33.2 Å². The summed E-state index contributed by atoms with van der Waals surface area (Å²) in [4.78, 5) is 30.8. The van der Waals surface area contributed by atoms with Crippen LogP contribution in [0.15, 0.2) is 36.5 Å². The number of hydrogen-bond donors (Lipinski definition) is 3. The predicted molar refractivity (Wildman–Crippen MR) is 206 cm³/mol. The van der Waals surface area contributed by atoms with Crippen molar-refractivity contribution in [1.29, 1.82) is 0 Å². The van der Waals surface area contributed by atoms with Crippen molar-refractivity contribution in [2.24, 2.45) is 0 Å².